The Hall–Kier alpha value is -0.830. The van der Waals surface area contributed by atoms with Crippen LogP contribution in [0.4, 0.5) is 0 Å². The molecule has 0 spiro atoms. The molecule has 3 heteroatoms. The summed E-state index contributed by atoms with van der Waals surface area (Å²) in [6.07, 6.45) is 4.53. The maximum Gasteiger partial charge on any atom is 0.226 e. The van der Waals surface area contributed by atoms with Crippen LogP contribution >= 0.6 is 0 Å². The second kappa shape index (κ2) is 5.81. The highest BCUT2D eigenvalue weighted by Gasteiger charge is 2.21. The molecule has 14 heavy (non-hydrogen) atoms. The summed E-state index contributed by atoms with van der Waals surface area (Å²) in [5.41, 5.74) is 0. The number of carbonyl (C=O) groups excluding carboxylic acids is 1. The van der Waals surface area contributed by atoms with Crippen LogP contribution in [-0.2, 0) is 4.79 Å². The predicted molar refractivity (Wildman–Crippen MR) is 58.0 cm³/mol. The van der Waals surface area contributed by atoms with Crippen LogP contribution in [0.1, 0.15) is 19.3 Å². The summed E-state index contributed by atoms with van der Waals surface area (Å²) in [6.45, 7) is 6.44. The largest absolute Gasteiger partial charge is 0.342 e. The molecule has 1 aliphatic heterocycles. The zero-order valence-corrected chi connectivity index (χ0v) is 8.96. The molecule has 1 saturated heterocycles. The van der Waals surface area contributed by atoms with Crippen molar-refractivity contribution in [2.75, 3.05) is 26.7 Å². The number of hydrogen-bond donors (Lipinski definition) is 1. The smallest absolute Gasteiger partial charge is 0.226 e. The first-order valence-corrected chi connectivity index (χ1v) is 5.31. The molecule has 1 aliphatic rings. The SMILES string of the molecule is C=CCC(=O)N1CCCC(CNC)C1. The molecule has 0 bridgehead atoms. The van der Waals surface area contributed by atoms with Crippen molar-refractivity contribution in [1.29, 1.82) is 0 Å². The van der Waals surface area contributed by atoms with Crippen LogP contribution in [0.3, 0.4) is 0 Å². The van der Waals surface area contributed by atoms with Gasteiger partial charge < -0.3 is 10.2 Å². The minimum absolute atomic E-state index is 0.223. The van der Waals surface area contributed by atoms with E-state index in [9.17, 15) is 4.79 Å². The van der Waals surface area contributed by atoms with Crippen LogP contribution in [0.2, 0.25) is 0 Å². The molecule has 80 valence electrons. The van der Waals surface area contributed by atoms with E-state index in [4.69, 9.17) is 0 Å². The van der Waals surface area contributed by atoms with Crippen molar-refractivity contribution in [2.24, 2.45) is 5.92 Å². The minimum Gasteiger partial charge on any atom is -0.342 e. The van der Waals surface area contributed by atoms with Gasteiger partial charge in [0.1, 0.15) is 0 Å². The second-order valence-electron chi connectivity index (χ2n) is 3.90. The fraction of sp³-hybridized carbons (Fsp3) is 0.727. The van der Waals surface area contributed by atoms with Crippen molar-refractivity contribution in [1.82, 2.24) is 10.2 Å². The molecule has 3 nitrogen and oxygen atoms in total. The lowest BCUT2D eigenvalue weighted by molar-refractivity contribution is -0.132. The Morgan fingerprint density at radius 1 is 1.71 bits per heavy atom. The summed E-state index contributed by atoms with van der Waals surface area (Å²) < 4.78 is 0. The highest BCUT2D eigenvalue weighted by molar-refractivity contribution is 5.77. The maximum atomic E-state index is 11.6. The van der Waals surface area contributed by atoms with E-state index in [1.165, 1.54) is 6.42 Å². The molecule has 0 aromatic rings. The molecule has 1 fully saturated rings. The number of rotatable bonds is 4. The van der Waals surface area contributed by atoms with Gasteiger partial charge in [-0.25, -0.2) is 0 Å². The lowest BCUT2D eigenvalue weighted by Crippen LogP contribution is -2.42. The Kier molecular flexibility index (Phi) is 4.66. The predicted octanol–water partition coefficient (Wildman–Crippen LogP) is 1.02. The van der Waals surface area contributed by atoms with Gasteiger partial charge in [-0.05, 0) is 32.4 Å². The number of hydrogen-bond acceptors (Lipinski definition) is 2. The molecule has 1 heterocycles. The molecule has 1 amide bonds. The van der Waals surface area contributed by atoms with Crippen LogP contribution in [-0.4, -0.2) is 37.5 Å². The number of piperidine rings is 1. The van der Waals surface area contributed by atoms with Crippen LogP contribution in [0.25, 0.3) is 0 Å². The molecule has 0 aromatic carbocycles. The van der Waals surface area contributed by atoms with Crippen molar-refractivity contribution in [3.8, 4) is 0 Å². The Morgan fingerprint density at radius 2 is 2.50 bits per heavy atom. The van der Waals surface area contributed by atoms with Gasteiger partial charge in [-0.3, -0.25) is 4.79 Å². The summed E-state index contributed by atoms with van der Waals surface area (Å²) in [7, 11) is 1.96. The zero-order chi connectivity index (χ0) is 10.4. The Morgan fingerprint density at radius 3 is 3.14 bits per heavy atom. The summed E-state index contributed by atoms with van der Waals surface area (Å²) in [5.74, 6) is 0.850. The second-order valence-corrected chi connectivity index (χ2v) is 3.90. The van der Waals surface area contributed by atoms with E-state index >= 15 is 0 Å². The van der Waals surface area contributed by atoms with Gasteiger partial charge in [0.15, 0.2) is 0 Å². The van der Waals surface area contributed by atoms with E-state index in [-0.39, 0.29) is 5.91 Å². The lowest BCUT2D eigenvalue weighted by Gasteiger charge is -2.32. The first-order valence-electron chi connectivity index (χ1n) is 5.31. The Balaban J connectivity index is 2.38. The van der Waals surface area contributed by atoms with E-state index in [0.29, 0.717) is 12.3 Å². The van der Waals surface area contributed by atoms with Crippen molar-refractivity contribution in [3.63, 3.8) is 0 Å². The number of carbonyl (C=O) groups is 1. The fourth-order valence-electron chi connectivity index (χ4n) is 2.00. The summed E-state index contributed by atoms with van der Waals surface area (Å²) in [5, 5.41) is 3.17. The molecule has 0 aromatic heterocycles. The highest BCUT2D eigenvalue weighted by atomic mass is 16.2. The average Bonchev–Trinajstić information content (AvgIpc) is 2.19. The van der Waals surface area contributed by atoms with Crippen molar-refractivity contribution in [2.45, 2.75) is 19.3 Å². The molecule has 0 radical (unpaired) electrons. The molecular formula is C11H20N2O. The van der Waals surface area contributed by atoms with Crippen molar-refractivity contribution >= 4 is 5.91 Å². The lowest BCUT2D eigenvalue weighted by atomic mass is 9.98. The molecule has 1 atom stereocenters. The topological polar surface area (TPSA) is 32.3 Å². The zero-order valence-electron chi connectivity index (χ0n) is 8.96. The fourth-order valence-corrected chi connectivity index (χ4v) is 2.00. The highest BCUT2D eigenvalue weighted by Crippen LogP contribution is 2.16. The normalized spacial score (nSPS) is 22.1. The Labute approximate surface area is 86.2 Å². The average molecular weight is 196 g/mol. The van der Waals surface area contributed by atoms with Gasteiger partial charge in [0, 0.05) is 19.5 Å². The van der Waals surface area contributed by atoms with E-state index in [1.54, 1.807) is 6.08 Å². The van der Waals surface area contributed by atoms with Gasteiger partial charge in [-0.2, -0.15) is 0 Å². The van der Waals surface area contributed by atoms with Crippen LogP contribution in [0.15, 0.2) is 12.7 Å². The van der Waals surface area contributed by atoms with Gasteiger partial charge in [0.25, 0.3) is 0 Å². The van der Waals surface area contributed by atoms with Gasteiger partial charge in [-0.15, -0.1) is 6.58 Å². The number of amides is 1. The van der Waals surface area contributed by atoms with Gasteiger partial charge in [0.2, 0.25) is 5.91 Å². The van der Waals surface area contributed by atoms with Crippen LogP contribution < -0.4 is 5.32 Å². The number of nitrogens with zero attached hydrogens (tertiary/aromatic N) is 1. The maximum absolute atomic E-state index is 11.6. The first-order chi connectivity index (χ1) is 6.77. The van der Waals surface area contributed by atoms with E-state index < -0.39 is 0 Å². The van der Waals surface area contributed by atoms with Crippen molar-refractivity contribution in [3.05, 3.63) is 12.7 Å². The molecule has 1 unspecified atom stereocenters. The van der Waals surface area contributed by atoms with E-state index in [1.807, 2.05) is 11.9 Å². The minimum atomic E-state index is 0.223. The van der Waals surface area contributed by atoms with Gasteiger partial charge in [0.05, 0.1) is 0 Å². The summed E-state index contributed by atoms with van der Waals surface area (Å²) in [4.78, 5) is 13.5. The molecule has 1 N–H and O–H groups in total. The first kappa shape index (κ1) is 11.2. The Bertz CT molecular complexity index is 201. The standard InChI is InChI=1S/C11H20N2O/c1-3-5-11(14)13-7-4-6-10(9-13)8-12-2/h3,10,12H,1,4-9H2,2H3. The van der Waals surface area contributed by atoms with Crippen LogP contribution in [0, 0.1) is 5.92 Å². The van der Waals surface area contributed by atoms with E-state index in [2.05, 4.69) is 11.9 Å². The number of likely N-dealkylation sites (tertiary alicyclic amines) is 1. The molecule has 1 rings (SSSR count). The van der Waals surface area contributed by atoms with Crippen LogP contribution in [0.5, 0.6) is 0 Å². The monoisotopic (exact) mass is 196 g/mol. The third-order valence-corrected chi connectivity index (χ3v) is 2.68. The third-order valence-electron chi connectivity index (χ3n) is 2.68. The van der Waals surface area contributed by atoms with E-state index in [0.717, 1.165) is 26.1 Å². The quantitative estimate of drug-likeness (QED) is 0.681. The summed E-state index contributed by atoms with van der Waals surface area (Å²) >= 11 is 0. The molecule has 0 saturated carbocycles. The van der Waals surface area contributed by atoms with Gasteiger partial charge in [-0.1, -0.05) is 6.08 Å². The third kappa shape index (κ3) is 3.14. The van der Waals surface area contributed by atoms with Gasteiger partial charge >= 0.3 is 0 Å². The molecule has 0 aliphatic carbocycles. The van der Waals surface area contributed by atoms with Crippen molar-refractivity contribution < 1.29 is 4.79 Å². The summed E-state index contributed by atoms with van der Waals surface area (Å²) in [6, 6.07) is 0. The number of nitrogens with one attached hydrogen (secondary N) is 1. The molecular weight excluding hydrogens is 176 g/mol.